The van der Waals surface area contributed by atoms with Crippen molar-refractivity contribution >= 4 is 22.6 Å². The first-order valence-corrected chi connectivity index (χ1v) is 9.72. The van der Waals surface area contributed by atoms with Crippen molar-refractivity contribution in [3.05, 3.63) is 48.0 Å². The van der Waals surface area contributed by atoms with Crippen LogP contribution in [0.3, 0.4) is 0 Å². The van der Waals surface area contributed by atoms with Gasteiger partial charge in [-0.3, -0.25) is 9.59 Å². The van der Waals surface area contributed by atoms with E-state index in [9.17, 15) is 9.59 Å². The normalized spacial score (nSPS) is 27.7. The van der Waals surface area contributed by atoms with Crippen LogP contribution in [0.25, 0.3) is 10.8 Å². The summed E-state index contributed by atoms with van der Waals surface area (Å²) in [5.41, 5.74) is 0.681. The van der Waals surface area contributed by atoms with E-state index in [1.165, 1.54) is 0 Å². The minimum Gasteiger partial charge on any atom is -0.384 e. The van der Waals surface area contributed by atoms with Crippen molar-refractivity contribution in [2.24, 2.45) is 11.8 Å². The molecule has 5 nitrogen and oxygen atoms in total. The second kappa shape index (κ2) is 7.69. The van der Waals surface area contributed by atoms with E-state index in [1.54, 1.807) is 7.11 Å². The van der Waals surface area contributed by atoms with Gasteiger partial charge in [0.15, 0.2) is 0 Å². The van der Waals surface area contributed by atoms with Crippen LogP contribution in [-0.4, -0.2) is 37.6 Å². The molecule has 1 saturated heterocycles. The number of benzene rings is 2. The van der Waals surface area contributed by atoms with Gasteiger partial charge >= 0.3 is 0 Å². The highest BCUT2D eigenvalue weighted by molar-refractivity contribution is 5.98. The number of amides is 2. The standard InChI is InChI=1S/C22H26N2O3/c1-27-13-17-11-21(25)24-20-12-18(8-9-19(17)20)23-22(26)16-7-6-14-4-2-3-5-15(14)10-16/h2-7,10,17-20H,8-9,11-13H2,1H3,(H,23,26)(H,24,25). The van der Waals surface area contributed by atoms with Gasteiger partial charge in [0.05, 0.1) is 0 Å². The molecular weight excluding hydrogens is 340 g/mol. The highest BCUT2D eigenvalue weighted by Gasteiger charge is 2.40. The predicted molar refractivity (Wildman–Crippen MR) is 104 cm³/mol. The summed E-state index contributed by atoms with van der Waals surface area (Å²) in [6, 6.07) is 14.0. The molecule has 0 bridgehead atoms. The quantitative estimate of drug-likeness (QED) is 0.874. The maximum absolute atomic E-state index is 12.7. The fraction of sp³-hybridized carbons (Fsp3) is 0.455. The summed E-state index contributed by atoms with van der Waals surface area (Å²) in [4.78, 5) is 24.8. The Bertz CT molecular complexity index is 850. The number of nitrogens with one attached hydrogen (secondary N) is 2. The lowest BCUT2D eigenvalue weighted by atomic mass is 9.71. The molecule has 4 rings (SSSR count). The molecule has 0 radical (unpaired) electrons. The van der Waals surface area contributed by atoms with Crippen LogP contribution in [0.5, 0.6) is 0 Å². The Balaban J connectivity index is 1.42. The molecule has 0 spiro atoms. The van der Waals surface area contributed by atoms with Gasteiger partial charge in [-0.05, 0) is 54.0 Å². The summed E-state index contributed by atoms with van der Waals surface area (Å²) in [6.07, 6.45) is 3.28. The largest absolute Gasteiger partial charge is 0.384 e. The molecular formula is C22H26N2O3. The Morgan fingerprint density at radius 3 is 2.81 bits per heavy atom. The average Bonchev–Trinajstić information content (AvgIpc) is 2.67. The van der Waals surface area contributed by atoms with Crippen molar-refractivity contribution < 1.29 is 14.3 Å². The van der Waals surface area contributed by atoms with Crippen molar-refractivity contribution in [3.8, 4) is 0 Å². The maximum Gasteiger partial charge on any atom is 0.251 e. The Kier molecular flexibility index (Phi) is 5.12. The van der Waals surface area contributed by atoms with Crippen LogP contribution in [-0.2, 0) is 9.53 Å². The van der Waals surface area contributed by atoms with E-state index in [4.69, 9.17) is 4.74 Å². The Morgan fingerprint density at radius 2 is 2.00 bits per heavy atom. The average molecular weight is 366 g/mol. The van der Waals surface area contributed by atoms with Crippen LogP contribution in [0.4, 0.5) is 0 Å². The van der Waals surface area contributed by atoms with Gasteiger partial charge in [-0.25, -0.2) is 0 Å². The Hall–Kier alpha value is -2.40. The number of carbonyl (C=O) groups excluding carboxylic acids is 2. The molecule has 1 aliphatic carbocycles. The van der Waals surface area contributed by atoms with Crippen LogP contribution >= 0.6 is 0 Å². The molecule has 2 N–H and O–H groups in total. The van der Waals surface area contributed by atoms with Gasteiger partial charge in [0.2, 0.25) is 5.91 Å². The summed E-state index contributed by atoms with van der Waals surface area (Å²) in [5.74, 6) is 0.780. The Morgan fingerprint density at radius 1 is 1.19 bits per heavy atom. The molecule has 4 atom stereocenters. The number of rotatable bonds is 4. The van der Waals surface area contributed by atoms with Crippen LogP contribution in [0.1, 0.15) is 36.0 Å². The molecule has 1 aliphatic heterocycles. The summed E-state index contributed by atoms with van der Waals surface area (Å²) in [7, 11) is 1.69. The molecule has 2 aromatic rings. The summed E-state index contributed by atoms with van der Waals surface area (Å²) >= 11 is 0. The third-order valence-electron chi connectivity index (χ3n) is 6.03. The monoisotopic (exact) mass is 366 g/mol. The van der Waals surface area contributed by atoms with Crippen LogP contribution in [0, 0.1) is 11.8 Å². The SMILES string of the molecule is COCC1CC(=O)NC2CC(NC(=O)c3ccc4ccccc4c3)CCC12. The van der Waals surface area contributed by atoms with Gasteiger partial charge in [-0.15, -0.1) is 0 Å². The zero-order valence-corrected chi connectivity index (χ0v) is 15.6. The molecule has 2 amide bonds. The first kappa shape index (κ1) is 18.0. The van der Waals surface area contributed by atoms with Crippen molar-refractivity contribution in [3.63, 3.8) is 0 Å². The maximum atomic E-state index is 12.7. The van der Waals surface area contributed by atoms with Gasteiger partial charge < -0.3 is 15.4 Å². The number of hydrogen-bond acceptors (Lipinski definition) is 3. The zero-order valence-electron chi connectivity index (χ0n) is 15.6. The second-order valence-electron chi connectivity index (χ2n) is 7.80. The van der Waals surface area contributed by atoms with Crippen LogP contribution in [0.15, 0.2) is 42.5 Å². The topological polar surface area (TPSA) is 67.4 Å². The lowest BCUT2D eigenvalue weighted by Crippen LogP contribution is -2.56. The molecule has 2 fully saturated rings. The molecule has 142 valence electrons. The molecule has 4 unspecified atom stereocenters. The lowest BCUT2D eigenvalue weighted by Gasteiger charge is -2.43. The van der Waals surface area contributed by atoms with Gasteiger partial charge in [-0.2, -0.15) is 0 Å². The molecule has 2 aliphatic rings. The van der Waals surface area contributed by atoms with Gasteiger partial charge in [-0.1, -0.05) is 30.3 Å². The number of ether oxygens (including phenoxy) is 1. The van der Waals surface area contributed by atoms with E-state index >= 15 is 0 Å². The highest BCUT2D eigenvalue weighted by atomic mass is 16.5. The molecule has 1 saturated carbocycles. The molecule has 0 aromatic heterocycles. The van der Waals surface area contributed by atoms with E-state index < -0.39 is 0 Å². The molecule has 5 heteroatoms. The molecule has 1 heterocycles. The lowest BCUT2D eigenvalue weighted by molar-refractivity contribution is -0.128. The smallest absolute Gasteiger partial charge is 0.251 e. The summed E-state index contributed by atoms with van der Waals surface area (Å²) in [5, 5.41) is 8.50. The van der Waals surface area contributed by atoms with Crippen LogP contribution < -0.4 is 10.6 Å². The van der Waals surface area contributed by atoms with E-state index in [0.29, 0.717) is 24.5 Å². The highest BCUT2D eigenvalue weighted by Crippen LogP contribution is 2.35. The minimum absolute atomic E-state index is 0.0419. The van der Waals surface area contributed by atoms with E-state index in [1.807, 2.05) is 42.5 Å². The second-order valence-corrected chi connectivity index (χ2v) is 7.80. The number of piperidine rings is 1. The first-order chi connectivity index (χ1) is 13.1. The van der Waals surface area contributed by atoms with E-state index in [0.717, 1.165) is 30.0 Å². The van der Waals surface area contributed by atoms with E-state index in [2.05, 4.69) is 10.6 Å². The minimum atomic E-state index is -0.0419. The fourth-order valence-corrected chi connectivity index (χ4v) is 4.71. The van der Waals surface area contributed by atoms with Gasteiger partial charge in [0.25, 0.3) is 5.91 Å². The fourth-order valence-electron chi connectivity index (χ4n) is 4.71. The van der Waals surface area contributed by atoms with Crippen molar-refractivity contribution in [2.45, 2.75) is 37.8 Å². The number of methoxy groups -OCH3 is 1. The van der Waals surface area contributed by atoms with Crippen molar-refractivity contribution in [1.82, 2.24) is 10.6 Å². The predicted octanol–water partition coefficient (Wildman–Crippen LogP) is 2.89. The van der Waals surface area contributed by atoms with Crippen LogP contribution in [0.2, 0.25) is 0 Å². The third kappa shape index (κ3) is 3.83. The van der Waals surface area contributed by atoms with E-state index in [-0.39, 0.29) is 29.8 Å². The van der Waals surface area contributed by atoms with Crippen molar-refractivity contribution in [2.75, 3.05) is 13.7 Å². The van der Waals surface area contributed by atoms with Gasteiger partial charge in [0.1, 0.15) is 0 Å². The first-order valence-electron chi connectivity index (χ1n) is 9.72. The number of fused-ring (bicyclic) bond motifs is 2. The van der Waals surface area contributed by atoms with Crippen molar-refractivity contribution in [1.29, 1.82) is 0 Å². The third-order valence-corrected chi connectivity index (χ3v) is 6.03. The Labute approximate surface area is 159 Å². The zero-order chi connectivity index (χ0) is 18.8. The summed E-state index contributed by atoms with van der Waals surface area (Å²) in [6.45, 7) is 0.628. The number of carbonyl (C=O) groups is 2. The molecule has 27 heavy (non-hydrogen) atoms. The number of hydrogen-bond donors (Lipinski definition) is 2. The summed E-state index contributed by atoms with van der Waals surface area (Å²) < 4.78 is 5.31. The van der Waals surface area contributed by atoms with Gasteiger partial charge in [0, 0.05) is 37.8 Å². The molecule has 2 aromatic carbocycles.